The predicted molar refractivity (Wildman–Crippen MR) is 100.0 cm³/mol. The number of nitrogens with one attached hydrogen (secondary N) is 2. The Labute approximate surface area is 158 Å². The van der Waals surface area contributed by atoms with Crippen molar-refractivity contribution in [1.29, 1.82) is 0 Å². The van der Waals surface area contributed by atoms with Crippen molar-refractivity contribution in [3.63, 3.8) is 0 Å². The fourth-order valence-corrected chi connectivity index (χ4v) is 3.56. The highest BCUT2D eigenvalue weighted by molar-refractivity contribution is 6.30. The van der Waals surface area contributed by atoms with Crippen molar-refractivity contribution in [1.82, 2.24) is 10.2 Å². The van der Waals surface area contributed by atoms with Gasteiger partial charge in [-0.25, -0.2) is 0 Å². The van der Waals surface area contributed by atoms with Crippen LogP contribution in [-0.2, 0) is 13.1 Å². The lowest BCUT2D eigenvalue weighted by atomic mass is 10.2. The van der Waals surface area contributed by atoms with Crippen molar-refractivity contribution in [2.24, 2.45) is 0 Å². The highest BCUT2D eigenvalue weighted by Crippen LogP contribution is 2.16. The third-order valence-electron chi connectivity index (χ3n) is 4.92. The van der Waals surface area contributed by atoms with E-state index in [0.29, 0.717) is 5.89 Å². The van der Waals surface area contributed by atoms with E-state index < -0.39 is 0 Å². The number of hydrogen-bond acceptors (Lipinski definition) is 3. The Kier molecular flexibility index (Phi) is 5.29. The minimum atomic E-state index is 0.604. The van der Waals surface area contributed by atoms with Gasteiger partial charge in [0.15, 0.2) is 6.54 Å². The fourth-order valence-electron chi connectivity index (χ4n) is 3.44. The lowest BCUT2D eigenvalue weighted by Crippen LogP contribution is -3.27. The first-order chi connectivity index (χ1) is 12.8. The molecule has 1 saturated heterocycles. The van der Waals surface area contributed by atoms with E-state index in [1.807, 2.05) is 42.5 Å². The summed E-state index contributed by atoms with van der Waals surface area (Å²) >= 11 is 5.96. The van der Waals surface area contributed by atoms with Crippen molar-refractivity contribution in [3.05, 3.63) is 71.1 Å². The van der Waals surface area contributed by atoms with Gasteiger partial charge in [-0.05, 0) is 24.3 Å². The van der Waals surface area contributed by atoms with Gasteiger partial charge in [0, 0.05) is 16.1 Å². The zero-order chi connectivity index (χ0) is 17.8. The first kappa shape index (κ1) is 17.2. The van der Waals surface area contributed by atoms with Gasteiger partial charge in [-0.3, -0.25) is 0 Å². The number of quaternary nitrogens is 2. The topological polar surface area (TPSA) is 47.8 Å². The Hall–Kier alpha value is -2.21. The van der Waals surface area contributed by atoms with Crippen LogP contribution >= 0.6 is 11.6 Å². The molecule has 0 bridgehead atoms. The molecule has 1 aliphatic heterocycles. The van der Waals surface area contributed by atoms with Gasteiger partial charge in [-0.15, -0.1) is 10.2 Å². The summed E-state index contributed by atoms with van der Waals surface area (Å²) < 4.78 is 5.84. The van der Waals surface area contributed by atoms with Crippen LogP contribution in [0.3, 0.4) is 0 Å². The van der Waals surface area contributed by atoms with E-state index in [1.54, 1.807) is 4.90 Å². The standard InChI is InChI=1S/C20H21ClN4O/c21-18-8-6-16(7-9-18)14-24-10-12-25(13-11-24)15-19-22-23-20(26-19)17-4-2-1-3-5-17/h1-9H,10-15H2/p+2. The Morgan fingerprint density at radius 1 is 0.808 bits per heavy atom. The van der Waals surface area contributed by atoms with Crippen LogP contribution in [-0.4, -0.2) is 36.4 Å². The molecule has 5 nitrogen and oxygen atoms in total. The third kappa shape index (κ3) is 4.30. The molecule has 4 rings (SSSR count). The maximum atomic E-state index is 5.96. The molecule has 1 fully saturated rings. The SMILES string of the molecule is Clc1ccc(C[NH+]2CC[NH+](Cc3nnc(-c4ccccc4)o3)CC2)cc1. The number of piperazine rings is 1. The molecule has 2 N–H and O–H groups in total. The van der Waals surface area contributed by atoms with Crippen LogP contribution in [0.5, 0.6) is 0 Å². The maximum Gasteiger partial charge on any atom is 0.271 e. The summed E-state index contributed by atoms with van der Waals surface area (Å²) in [5.74, 6) is 1.33. The second-order valence-electron chi connectivity index (χ2n) is 6.85. The monoisotopic (exact) mass is 370 g/mol. The van der Waals surface area contributed by atoms with Gasteiger partial charge >= 0.3 is 0 Å². The smallest absolute Gasteiger partial charge is 0.271 e. The number of nitrogens with zero attached hydrogens (tertiary/aromatic N) is 2. The quantitative estimate of drug-likeness (QED) is 0.700. The highest BCUT2D eigenvalue weighted by Gasteiger charge is 2.25. The predicted octanol–water partition coefficient (Wildman–Crippen LogP) is 0.874. The number of rotatable bonds is 5. The van der Waals surface area contributed by atoms with Crippen molar-refractivity contribution in [2.45, 2.75) is 13.1 Å². The summed E-state index contributed by atoms with van der Waals surface area (Å²) in [4.78, 5) is 3.12. The van der Waals surface area contributed by atoms with Crippen molar-refractivity contribution < 1.29 is 14.2 Å². The van der Waals surface area contributed by atoms with Crippen molar-refractivity contribution in [3.8, 4) is 11.5 Å². The van der Waals surface area contributed by atoms with Crippen molar-refractivity contribution in [2.75, 3.05) is 26.2 Å². The Morgan fingerprint density at radius 2 is 1.46 bits per heavy atom. The van der Waals surface area contributed by atoms with Gasteiger partial charge in [0.25, 0.3) is 5.89 Å². The normalized spacial score (nSPS) is 20.2. The number of hydrogen-bond donors (Lipinski definition) is 2. The average molecular weight is 371 g/mol. The minimum absolute atomic E-state index is 0.604. The lowest BCUT2D eigenvalue weighted by Gasteiger charge is -2.29. The summed E-state index contributed by atoms with van der Waals surface area (Å²) in [6.45, 7) is 6.39. The highest BCUT2D eigenvalue weighted by atomic mass is 35.5. The van der Waals surface area contributed by atoms with Gasteiger partial charge < -0.3 is 14.2 Å². The van der Waals surface area contributed by atoms with Crippen LogP contribution < -0.4 is 9.80 Å². The molecular formula is C20H23ClN4O+2. The molecule has 1 aromatic heterocycles. The molecule has 0 aliphatic carbocycles. The Morgan fingerprint density at radius 3 is 2.15 bits per heavy atom. The van der Waals surface area contributed by atoms with Crippen LogP contribution in [0, 0.1) is 0 Å². The molecule has 1 aliphatic rings. The molecule has 2 aromatic carbocycles. The van der Waals surface area contributed by atoms with Crippen LogP contribution in [0.25, 0.3) is 11.5 Å². The second-order valence-corrected chi connectivity index (χ2v) is 7.28. The van der Waals surface area contributed by atoms with E-state index in [2.05, 4.69) is 22.3 Å². The molecule has 0 amide bonds. The summed E-state index contributed by atoms with van der Waals surface area (Å²) in [6, 6.07) is 18.1. The van der Waals surface area contributed by atoms with E-state index in [0.717, 1.165) is 55.7 Å². The third-order valence-corrected chi connectivity index (χ3v) is 5.17. The molecule has 0 spiro atoms. The number of benzene rings is 2. The van der Waals surface area contributed by atoms with Crippen LogP contribution in [0.1, 0.15) is 11.5 Å². The molecule has 0 unspecified atom stereocenters. The number of aromatic nitrogens is 2. The summed E-state index contributed by atoms with van der Waals surface area (Å²) in [7, 11) is 0. The van der Waals surface area contributed by atoms with Crippen LogP contribution in [0.4, 0.5) is 0 Å². The maximum absolute atomic E-state index is 5.96. The number of halogens is 1. The van der Waals surface area contributed by atoms with E-state index >= 15 is 0 Å². The first-order valence-electron chi connectivity index (χ1n) is 9.05. The molecular weight excluding hydrogens is 348 g/mol. The van der Waals surface area contributed by atoms with Gasteiger partial charge in [0.1, 0.15) is 32.7 Å². The average Bonchev–Trinajstić information content (AvgIpc) is 3.14. The first-order valence-corrected chi connectivity index (χ1v) is 9.43. The zero-order valence-electron chi connectivity index (χ0n) is 14.6. The van der Waals surface area contributed by atoms with Gasteiger partial charge in [0.2, 0.25) is 5.89 Å². The van der Waals surface area contributed by atoms with Crippen LogP contribution in [0.15, 0.2) is 59.0 Å². The fraction of sp³-hybridized carbons (Fsp3) is 0.300. The van der Waals surface area contributed by atoms with E-state index in [4.69, 9.17) is 16.0 Å². The second kappa shape index (κ2) is 7.99. The van der Waals surface area contributed by atoms with Crippen LogP contribution in [0.2, 0.25) is 5.02 Å². The summed E-state index contributed by atoms with van der Waals surface area (Å²) in [5.41, 5.74) is 2.32. The largest absolute Gasteiger partial charge is 0.415 e. The molecule has 0 atom stereocenters. The van der Waals surface area contributed by atoms with Gasteiger partial charge in [-0.2, -0.15) is 0 Å². The molecule has 134 valence electrons. The Bertz CT molecular complexity index is 827. The molecule has 2 heterocycles. The van der Waals surface area contributed by atoms with E-state index in [-0.39, 0.29) is 0 Å². The molecule has 6 heteroatoms. The van der Waals surface area contributed by atoms with Gasteiger partial charge in [0.05, 0.1) is 0 Å². The van der Waals surface area contributed by atoms with Gasteiger partial charge in [-0.1, -0.05) is 41.9 Å². The summed E-state index contributed by atoms with van der Waals surface area (Å²) in [5, 5.41) is 9.21. The van der Waals surface area contributed by atoms with Crippen molar-refractivity contribution >= 4 is 11.6 Å². The lowest BCUT2D eigenvalue weighted by molar-refractivity contribution is -1.02. The molecule has 0 saturated carbocycles. The van der Waals surface area contributed by atoms with E-state index in [9.17, 15) is 0 Å². The molecule has 0 radical (unpaired) electrons. The van der Waals surface area contributed by atoms with E-state index in [1.165, 1.54) is 10.5 Å². The molecule has 3 aromatic rings. The Balaban J connectivity index is 1.29. The molecule has 26 heavy (non-hydrogen) atoms. The minimum Gasteiger partial charge on any atom is -0.415 e. The zero-order valence-corrected chi connectivity index (χ0v) is 15.4. The summed E-state index contributed by atoms with van der Waals surface area (Å²) in [6.07, 6.45) is 0.